The lowest BCUT2D eigenvalue weighted by Gasteiger charge is -2.27. The predicted octanol–water partition coefficient (Wildman–Crippen LogP) is 5.45. The van der Waals surface area contributed by atoms with Gasteiger partial charge in [0, 0.05) is 5.41 Å². The third-order valence-corrected chi connectivity index (χ3v) is 4.35. The Balaban J connectivity index is 2.47. The highest BCUT2D eigenvalue weighted by molar-refractivity contribution is 5.46. The van der Waals surface area contributed by atoms with E-state index in [-0.39, 0.29) is 5.41 Å². The summed E-state index contributed by atoms with van der Waals surface area (Å²) in [6, 6.07) is 15.4. The minimum absolute atomic E-state index is 0.0313. The van der Waals surface area contributed by atoms with E-state index in [1.807, 2.05) is 0 Å². The summed E-state index contributed by atoms with van der Waals surface area (Å²) in [6.07, 6.45) is 0. The topological polar surface area (TPSA) is 9.23 Å². The molecule has 2 aromatic rings. The maximum Gasteiger partial charge on any atom is 0.122 e. The molecule has 0 aliphatic rings. The van der Waals surface area contributed by atoms with Crippen LogP contribution in [0.1, 0.15) is 55.9 Å². The van der Waals surface area contributed by atoms with Gasteiger partial charge in [-0.15, -0.1) is 0 Å². The van der Waals surface area contributed by atoms with Crippen molar-refractivity contribution in [2.75, 3.05) is 7.11 Å². The van der Waals surface area contributed by atoms with Crippen LogP contribution in [0.3, 0.4) is 0 Å². The molecule has 0 heterocycles. The van der Waals surface area contributed by atoms with Crippen LogP contribution < -0.4 is 4.74 Å². The lowest BCUT2D eigenvalue weighted by atomic mass is 9.77. The second kappa shape index (κ2) is 5.93. The second-order valence-electron chi connectivity index (χ2n) is 6.60. The largest absolute Gasteiger partial charge is 0.496 e. The van der Waals surface area contributed by atoms with Crippen LogP contribution in [0, 0.1) is 6.92 Å². The van der Waals surface area contributed by atoms with Gasteiger partial charge in [-0.05, 0) is 35.6 Å². The van der Waals surface area contributed by atoms with Crippen molar-refractivity contribution >= 4 is 0 Å². The number of aryl methyl sites for hydroxylation is 1. The molecular weight excluding hydrogens is 256 g/mol. The molecular formula is C20H26O. The van der Waals surface area contributed by atoms with Crippen molar-refractivity contribution in [3.05, 3.63) is 64.7 Å². The molecule has 2 aromatic carbocycles. The molecule has 1 nitrogen and oxygen atoms in total. The van der Waals surface area contributed by atoms with Gasteiger partial charge < -0.3 is 4.74 Å². The Morgan fingerprint density at radius 1 is 0.905 bits per heavy atom. The summed E-state index contributed by atoms with van der Waals surface area (Å²) in [7, 11) is 1.75. The van der Waals surface area contributed by atoms with Gasteiger partial charge in [0.25, 0.3) is 0 Å². The van der Waals surface area contributed by atoms with E-state index < -0.39 is 0 Å². The van der Waals surface area contributed by atoms with Crippen LogP contribution in [0.5, 0.6) is 5.75 Å². The van der Waals surface area contributed by atoms with Crippen LogP contribution in [0.25, 0.3) is 0 Å². The van der Waals surface area contributed by atoms with Gasteiger partial charge in [0.2, 0.25) is 0 Å². The van der Waals surface area contributed by atoms with Crippen molar-refractivity contribution in [3.63, 3.8) is 0 Å². The second-order valence-corrected chi connectivity index (χ2v) is 6.60. The standard InChI is InChI=1S/C20H26O/c1-14(2)18-12-11-17(13-19(18)21-6)20(4,5)16-9-7-15(3)8-10-16/h7-14H,1-6H3. The fraction of sp³-hybridized carbons (Fsp3) is 0.400. The molecule has 0 aromatic heterocycles. The van der Waals surface area contributed by atoms with E-state index in [1.54, 1.807) is 7.11 Å². The van der Waals surface area contributed by atoms with Gasteiger partial charge in [0.05, 0.1) is 7.11 Å². The highest BCUT2D eigenvalue weighted by atomic mass is 16.5. The summed E-state index contributed by atoms with van der Waals surface area (Å²) in [5, 5.41) is 0. The monoisotopic (exact) mass is 282 g/mol. The van der Waals surface area contributed by atoms with E-state index in [4.69, 9.17) is 4.74 Å². The molecule has 0 spiro atoms. The van der Waals surface area contributed by atoms with Crippen LogP contribution in [-0.2, 0) is 5.41 Å². The third-order valence-electron chi connectivity index (χ3n) is 4.35. The molecule has 1 heteroatoms. The molecule has 2 rings (SSSR count). The van der Waals surface area contributed by atoms with Crippen molar-refractivity contribution in [1.29, 1.82) is 0 Å². The highest BCUT2D eigenvalue weighted by Crippen LogP contribution is 2.36. The van der Waals surface area contributed by atoms with Crippen molar-refractivity contribution in [2.45, 2.75) is 46.0 Å². The van der Waals surface area contributed by atoms with Crippen molar-refractivity contribution in [3.8, 4) is 5.75 Å². The first-order valence-electron chi connectivity index (χ1n) is 7.62. The van der Waals surface area contributed by atoms with E-state index in [9.17, 15) is 0 Å². The number of rotatable bonds is 4. The molecule has 0 bridgehead atoms. The molecule has 0 N–H and O–H groups in total. The number of ether oxygens (including phenoxy) is 1. The number of methoxy groups -OCH3 is 1. The Labute approximate surface area is 129 Å². The van der Waals surface area contributed by atoms with E-state index in [2.05, 4.69) is 77.1 Å². The molecule has 21 heavy (non-hydrogen) atoms. The van der Waals surface area contributed by atoms with Crippen LogP contribution >= 0.6 is 0 Å². The number of hydrogen-bond acceptors (Lipinski definition) is 1. The molecule has 0 fully saturated rings. The van der Waals surface area contributed by atoms with Crippen LogP contribution in [0.4, 0.5) is 0 Å². The molecule has 112 valence electrons. The van der Waals surface area contributed by atoms with Gasteiger partial charge >= 0.3 is 0 Å². The zero-order valence-corrected chi connectivity index (χ0v) is 14.0. The van der Waals surface area contributed by atoms with Crippen molar-refractivity contribution in [1.82, 2.24) is 0 Å². The van der Waals surface area contributed by atoms with Crippen LogP contribution in [0.2, 0.25) is 0 Å². The summed E-state index contributed by atoms with van der Waals surface area (Å²) in [4.78, 5) is 0. The van der Waals surface area contributed by atoms with Gasteiger partial charge in [0.1, 0.15) is 5.75 Å². The first kappa shape index (κ1) is 15.6. The Morgan fingerprint density at radius 2 is 1.48 bits per heavy atom. The SMILES string of the molecule is COc1cc(C(C)(C)c2ccc(C)cc2)ccc1C(C)C. The summed E-state index contributed by atoms with van der Waals surface area (Å²) < 4.78 is 5.60. The lowest BCUT2D eigenvalue weighted by molar-refractivity contribution is 0.406. The third kappa shape index (κ3) is 3.12. The molecule has 0 aliphatic carbocycles. The van der Waals surface area contributed by atoms with Crippen molar-refractivity contribution < 1.29 is 4.74 Å². The summed E-state index contributed by atoms with van der Waals surface area (Å²) >= 11 is 0. The predicted molar refractivity (Wildman–Crippen MR) is 90.4 cm³/mol. The molecule has 0 aliphatic heterocycles. The molecule has 0 amide bonds. The van der Waals surface area contributed by atoms with E-state index in [1.165, 1.54) is 22.3 Å². The smallest absolute Gasteiger partial charge is 0.122 e. The Kier molecular flexibility index (Phi) is 4.41. The molecule has 0 saturated heterocycles. The van der Waals surface area contributed by atoms with E-state index in [0.717, 1.165) is 5.75 Å². The van der Waals surface area contributed by atoms with Gasteiger partial charge in [-0.25, -0.2) is 0 Å². The molecule has 0 unspecified atom stereocenters. The van der Waals surface area contributed by atoms with Gasteiger partial charge in [-0.1, -0.05) is 69.7 Å². The Bertz CT molecular complexity index is 606. The number of benzene rings is 2. The van der Waals surface area contributed by atoms with Gasteiger partial charge in [-0.3, -0.25) is 0 Å². The summed E-state index contributed by atoms with van der Waals surface area (Å²) in [6.45, 7) is 11.0. The lowest BCUT2D eigenvalue weighted by Crippen LogP contribution is -2.19. The average Bonchev–Trinajstić information content (AvgIpc) is 2.46. The minimum atomic E-state index is -0.0313. The zero-order chi connectivity index (χ0) is 15.6. The molecule has 0 saturated carbocycles. The van der Waals surface area contributed by atoms with E-state index in [0.29, 0.717) is 5.92 Å². The maximum absolute atomic E-state index is 5.60. The summed E-state index contributed by atoms with van der Waals surface area (Å²) in [5.74, 6) is 1.46. The first-order valence-corrected chi connectivity index (χ1v) is 7.62. The minimum Gasteiger partial charge on any atom is -0.496 e. The maximum atomic E-state index is 5.60. The van der Waals surface area contributed by atoms with Gasteiger partial charge in [-0.2, -0.15) is 0 Å². The Hall–Kier alpha value is -1.76. The van der Waals surface area contributed by atoms with E-state index >= 15 is 0 Å². The van der Waals surface area contributed by atoms with Crippen LogP contribution in [-0.4, -0.2) is 7.11 Å². The zero-order valence-electron chi connectivity index (χ0n) is 14.0. The Morgan fingerprint density at radius 3 is 2.00 bits per heavy atom. The fourth-order valence-electron chi connectivity index (χ4n) is 2.71. The van der Waals surface area contributed by atoms with Crippen LogP contribution in [0.15, 0.2) is 42.5 Å². The normalized spacial score (nSPS) is 11.8. The van der Waals surface area contributed by atoms with Crippen molar-refractivity contribution in [2.24, 2.45) is 0 Å². The van der Waals surface area contributed by atoms with Gasteiger partial charge in [0.15, 0.2) is 0 Å². The molecule has 0 radical (unpaired) electrons. The average molecular weight is 282 g/mol. The fourth-order valence-corrected chi connectivity index (χ4v) is 2.71. The quantitative estimate of drug-likeness (QED) is 0.724. The highest BCUT2D eigenvalue weighted by Gasteiger charge is 2.24. The number of hydrogen-bond donors (Lipinski definition) is 0. The summed E-state index contributed by atoms with van der Waals surface area (Å²) in [5.41, 5.74) is 5.14. The molecule has 0 atom stereocenters. The first-order chi connectivity index (χ1) is 9.86.